The van der Waals surface area contributed by atoms with Crippen LogP contribution in [0.4, 0.5) is 4.39 Å². The second kappa shape index (κ2) is 7.19. The molecule has 0 fully saturated rings. The lowest BCUT2D eigenvalue weighted by Gasteiger charge is -2.21. The summed E-state index contributed by atoms with van der Waals surface area (Å²) in [7, 11) is 1.37. The minimum atomic E-state index is -1.25. The molecule has 0 radical (unpaired) electrons. The third-order valence-electron chi connectivity index (χ3n) is 2.78. The Morgan fingerprint density at radius 3 is 2.48 bits per heavy atom. The van der Waals surface area contributed by atoms with E-state index in [1.807, 2.05) is 0 Å². The number of halogens is 1. The highest BCUT2D eigenvalue weighted by molar-refractivity contribution is 5.99. The number of amides is 1. The normalized spacial score (nSPS) is 11.5. The summed E-state index contributed by atoms with van der Waals surface area (Å²) < 4.78 is 13.7. The molecule has 0 bridgehead atoms. The summed E-state index contributed by atoms with van der Waals surface area (Å²) in [5, 5.41) is 9.03. The molecule has 0 unspecified atom stereocenters. The van der Waals surface area contributed by atoms with E-state index in [-0.39, 0.29) is 16.8 Å². The zero-order valence-corrected chi connectivity index (χ0v) is 11.8. The van der Waals surface area contributed by atoms with Crippen LogP contribution >= 0.6 is 0 Å². The number of hydrogen-bond donors (Lipinski definition) is 1. The monoisotopic (exact) mass is 289 g/mol. The highest BCUT2D eigenvalue weighted by Gasteiger charge is 2.22. The van der Waals surface area contributed by atoms with Gasteiger partial charge in [0.25, 0.3) is 5.91 Å². The predicted molar refractivity (Wildman–Crippen MR) is 78.2 cm³/mol. The number of nitrogens with zero attached hydrogens (tertiary/aromatic N) is 1. The minimum Gasteiger partial charge on any atom is -0.478 e. The number of carbonyl (C=O) groups excluding carboxylic acids is 1. The van der Waals surface area contributed by atoms with Crippen LogP contribution in [-0.4, -0.2) is 28.9 Å². The maximum absolute atomic E-state index is 13.7. The van der Waals surface area contributed by atoms with Gasteiger partial charge in [-0.25, -0.2) is 9.18 Å². The zero-order chi connectivity index (χ0) is 16.0. The molecule has 4 nitrogen and oxygen atoms in total. The molecule has 21 heavy (non-hydrogen) atoms. The van der Waals surface area contributed by atoms with Crippen molar-refractivity contribution in [3.63, 3.8) is 0 Å². The molecule has 0 aliphatic heterocycles. The van der Waals surface area contributed by atoms with Crippen LogP contribution in [0.2, 0.25) is 0 Å². The van der Waals surface area contributed by atoms with E-state index in [1.54, 1.807) is 19.1 Å². The van der Waals surface area contributed by atoms with Crippen LogP contribution < -0.4 is 0 Å². The lowest BCUT2D eigenvalue weighted by Crippen LogP contribution is -2.29. The fourth-order valence-electron chi connectivity index (χ4n) is 1.64. The van der Waals surface area contributed by atoms with Crippen molar-refractivity contribution in [3.05, 3.63) is 71.7 Å². The van der Waals surface area contributed by atoms with Crippen molar-refractivity contribution in [2.24, 2.45) is 0 Å². The smallest absolute Gasteiger partial charge is 0.337 e. The number of aliphatic carboxylic acids is 1. The van der Waals surface area contributed by atoms with Gasteiger partial charge in [-0.2, -0.15) is 0 Å². The Balaban J connectivity index is 3.20. The Morgan fingerprint density at radius 1 is 1.33 bits per heavy atom. The van der Waals surface area contributed by atoms with E-state index in [0.29, 0.717) is 0 Å². The standard InChI is InChI=1S/C16H16FNO3/c1-4-5-10-14(11(2)16(20)21)18(3)15(19)12-8-6-7-9-13(12)17/h4-10H,2H2,1,3H3,(H,20,21)/b5-4-,14-10+. The van der Waals surface area contributed by atoms with Crippen LogP contribution in [0.5, 0.6) is 0 Å². The maximum Gasteiger partial charge on any atom is 0.337 e. The molecule has 1 aromatic rings. The van der Waals surface area contributed by atoms with Crippen molar-refractivity contribution >= 4 is 11.9 Å². The molecule has 5 heteroatoms. The Hall–Kier alpha value is -2.69. The van der Waals surface area contributed by atoms with Crippen LogP contribution in [0.3, 0.4) is 0 Å². The Kier molecular flexibility index (Phi) is 5.60. The second-order valence-electron chi connectivity index (χ2n) is 4.21. The Morgan fingerprint density at radius 2 is 1.95 bits per heavy atom. The van der Waals surface area contributed by atoms with Gasteiger partial charge in [0.2, 0.25) is 0 Å². The SMILES string of the molecule is C=C(C(=O)O)/C(=C\C=C/C)N(C)C(=O)c1ccccc1F. The van der Waals surface area contributed by atoms with E-state index in [0.717, 1.165) is 4.90 Å². The lowest BCUT2D eigenvalue weighted by atomic mass is 10.1. The van der Waals surface area contributed by atoms with Gasteiger partial charge in [0, 0.05) is 7.05 Å². The molecule has 1 rings (SSSR count). The molecule has 0 heterocycles. The van der Waals surface area contributed by atoms with E-state index in [4.69, 9.17) is 5.11 Å². The summed E-state index contributed by atoms with van der Waals surface area (Å²) in [6.45, 7) is 5.18. The predicted octanol–water partition coefficient (Wildman–Crippen LogP) is 3.00. The minimum absolute atomic E-state index is 0.0915. The van der Waals surface area contributed by atoms with Gasteiger partial charge in [0.1, 0.15) is 5.82 Å². The summed E-state index contributed by atoms with van der Waals surface area (Å²) in [5.74, 6) is -2.56. The molecule has 0 saturated heterocycles. The Labute approximate surface area is 122 Å². The number of hydrogen-bond acceptors (Lipinski definition) is 2. The van der Waals surface area contributed by atoms with Gasteiger partial charge in [0.05, 0.1) is 16.8 Å². The largest absolute Gasteiger partial charge is 0.478 e. The van der Waals surface area contributed by atoms with Crippen molar-refractivity contribution in [2.75, 3.05) is 7.05 Å². The molecule has 0 aliphatic rings. The van der Waals surface area contributed by atoms with E-state index >= 15 is 0 Å². The molecule has 0 aliphatic carbocycles. The number of benzene rings is 1. The molecule has 0 saturated carbocycles. The number of allylic oxidation sites excluding steroid dienone is 3. The first kappa shape index (κ1) is 16.4. The number of carboxylic acid groups (broad SMARTS) is 1. The van der Waals surface area contributed by atoms with Gasteiger partial charge in [0.15, 0.2) is 0 Å². The maximum atomic E-state index is 13.7. The van der Waals surface area contributed by atoms with E-state index in [1.165, 1.54) is 37.4 Å². The van der Waals surface area contributed by atoms with Crippen LogP contribution in [0, 0.1) is 5.82 Å². The van der Waals surface area contributed by atoms with Gasteiger partial charge in [-0.05, 0) is 25.1 Å². The third kappa shape index (κ3) is 3.89. The molecule has 0 spiro atoms. The first-order valence-electron chi connectivity index (χ1n) is 6.18. The van der Waals surface area contributed by atoms with E-state index in [2.05, 4.69) is 6.58 Å². The van der Waals surface area contributed by atoms with E-state index < -0.39 is 17.7 Å². The summed E-state index contributed by atoms with van der Waals surface area (Å²) >= 11 is 0. The highest BCUT2D eigenvalue weighted by atomic mass is 19.1. The molecule has 1 amide bonds. The zero-order valence-electron chi connectivity index (χ0n) is 11.8. The molecular formula is C16H16FNO3. The van der Waals surface area contributed by atoms with Crippen molar-refractivity contribution in [2.45, 2.75) is 6.92 Å². The summed E-state index contributed by atoms with van der Waals surface area (Å²) in [4.78, 5) is 24.4. The first-order chi connectivity index (χ1) is 9.90. The summed E-state index contributed by atoms with van der Waals surface area (Å²) in [6, 6.07) is 5.51. The second-order valence-corrected chi connectivity index (χ2v) is 4.21. The fraction of sp³-hybridized carbons (Fsp3) is 0.125. The van der Waals surface area contributed by atoms with Gasteiger partial charge < -0.3 is 10.0 Å². The average Bonchev–Trinajstić information content (AvgIpc) is 2.46. The van der Waals surface area contributed by atoms with E-state index in [9.17, 15) is 14.0 Å². The van der Waals surface area contributed by atoms with Crippen molar-refractivity contribution in [3.8, 4) is 0 Å². The number of carboxylic acids is 1. The van der Waals surface area contributed by atoms with Crippen LogP contribution in [0.1, 0.15) is 17.3 Å². The average molecular weight is 289 g/mol. The van der Waals surface area contributed by atoms with Crippen molar-refractivity contribution < 1.29 is 19.1 Å². The Bertz CT molecular complexity index is 632. The molecular weight excluding hydrogens is 273 g/mol. The van der Waals surface area contributed by atoms with Gasteiger partial charge in [-0.3, -0.25) is 4.79 Å². The molecule has 0 atom stereocenters. The van der Waals surface area contributed by atoms with Gasteiger partial charge >= 0.3 is 5.97 Å². The van der Waals surface area contributed by atoms with Gasteiger partial charge in [-0.15, -0.1) is 0 Å². The molecule has 110 valence electrons. The van der Waals surface area contributed by atoms with Gasteiger partial charge in [-0.1, -0.05) is 30.9 Å². The molecule has 0 aromatic heterocycles. The van der Waals surface area contributed by atoms with Crippen LogP contribution in [0.15, 0.2) is 60.3 Å². The molecule has 1 aromatic carbocycles. The van der Waals surface area contributed by atoms with Crippen molar-refractivity contribution in [1.82, 2.24) is 4.90 Å². The van der Waals surface area contributed by atoms with Crippen LogP contribution in [-0.2, 0) is 4.79 Å². The number of carbonyl (C=O) groups is 2. The summed E-state index contributed by atoms with van der Waals surface area (Å²) in [6.07, 6.45) is 4.69. The summed E-state index contributed by atoms with van der Waals surface area (Å²) in [5.41, 5.74) is -0.293. The fourth-order valence-corrected chi connectivity index (χ4v) is 1.64. The van der Waals surface area contributed by atoms with Crippen molar-refractivity contribution in [1.29, 1.82) is 0 Å². The quantitative estimate of drug-likeness (QED) is 0.669. The topological polar surface area (TPSA) is 57.6 Å². The molecule has 1 N–H and O–H groups in total. The number of rotatable bonds is 5. The van der Waals surface area contributed by atoms with Crippen LogP contribution in [0.25, 0.3) is 0 Å². The number of likely N-dealkylation sites (N-methyl/N-ethyl adjacent to an activating group) is 1. The lowest BCUT2D eigenvalue weighted by molar-refractivity contribution is -0.132. The first-order valence-corrected chi connectivity index (χ1v) is 6.18. The highest BCUT2D eigenvalue weighted by Crippen LogP contribution is 2.18. The third-order valence-corrected chi connectivity index (χ3v) is 2.78.